The van der Waals surface area contributed by atoms with Gasteiger partial charge in [0.25, 0.3) is 5.91 Å². The van der Waals surface area contributed by atoms with Gasteiger partial charge in [0.1, 0.15) is 17.8 Å². The number of nitrogens with one attached hydrogen (secondary N) is 3. The number of pyridine rings is 1. The van der Waals surface area contributed by atoms with Crippen molar-refractivity contribution in [2.45, 2.75) is 91.2 Å². The summed E-state index contributed by atoms with van der Waals surface area (Å²) in [4.78, 5) is 62.2. The molecule has 2 aromatic carbocycles. The second-order valence-corrected chi connectivity index (χ2v) is 14.6. The van der Waals surface area contributed by atoms with Crippen molar-refractivity contribution in [2.75, 3.05) is 33.9 Å². The van der Waals surface area contributed by atoms with Crippen molar-refractivity contribution in [1.29, 1.82) is 0 Å². The SMILES string of the molecule is CCC(C)C(NC(=O)OC)C(=O)NN(Cc1ccc(OC)cc1)CC(O)C(Cc1ccccc1)NC(=O)C(C(C)CC)N1CCN(Cc2cccc(C)n2)C1=O. The molecule has 3 aromatic rings. The number of carbonyl (C=O) groups excluding carboxylic acids is 4. The number of benzene rings is 2. The van der Waals surface area contributed by atoms with Gasteiger partial charge in [0.05, 0.1) is 38.6 Å². The van der Waals surface area contributed by atoms with Crippen LogP contribution < -0.4 is 20.8 Å². The van der Waals surface area contributed by atoms with Gasteiger partial charge in [0.2, 0.25) is 5.91 Å². The van der Waals surface area contributed by atoms with Crippen molar-refractivity contribution >= 4 is 23.9 Å². The number of aryl methyl sites for hydroxylation is 1. The van der Waals surface area contributed by atoms with E-state index in [1.165, 1.54) is 7.11 Å². The summed E-state index contributed by atoms with van der Waals surface area (Å²) in [5.41, 5.74) is 6.27. The monoisotopic (exact) mass is 773 g/mol. The molecule has 4 rings (SSSR count). The van der Waals surface area contributed by atoms with E-state index >= 15 is 0 Å². The van der Waals surface area contributed by atoms with Gasteiger partial charge in [0.15, 0.2) is 0 Å². The fourth-order valence-corrected chi connectivity index (χ4v) is 6.81. The van der Waals surface area contributed by atoms with E-state index in [1.54, 1.807) is 34.1 Å². The predicted octanol–water partition coefficient (Wildman–Crippen LogP) is 4.44. The summed E-state index contributed by atoms with van der Waals surface area (Å²) in [6.07, 6.45) is -0.397. The first-order valence-corrected chi connectivity index (χ1v) is 19.4. The summed E-state index contributed by atoms with van der Waals surface area (Å²) in [7, 11) is 2.81. The molecule has 1 aliphatic rings. The van der Waals surface area contributed by atoms with Crippen LogP contribution in [-0.2, 0) is 33.8 Å². The number of methoxy groups -OCH3 is 2. The number of ether oxygens (including phenoxy) is 2. The molecular weight excluding hydrogens is 715 g/mol. The van der Waals surface area contributed by atoms with Crippen LogP contribution in [-0.4, -0.2) is 107 Å². The molecular formula is C42H59N7O7. The highest BCUT2D eigenvalue weighted by Gasteiger charge is 2.41. The van der Waals surface area contributed by atoms with Crippen LogP contribution in [0.5, 0.6) is 5.75 Å². The molecule has 1 saturated heterocycles. The third kappa shape index (κ3) is 12.1. The van der Waals surface area contributed by atoms with E-state index in [1.807, 2.05) is 95.3 Å². The van der Waals surface area contributed by atoms with Crippen LogP contribution in [0.15, 0.2) is 72.8 Å². The third-order valence-corrected chi connectivity index (χ3v) is 10.5. The molecule has 1 aliphatic heterocycles. The Balaban J connectivity index is 1.60. The molecule has 1 aromatic heterocycles. The molecule has 304 valence electrons. The van der Waals surface area contributed by atoms with Crippen molar-refractivity contribution in [3.05, 3.63) is 95.3 Å². The van der Waals surface area contributed by atoms with Crippen molar-refractivity contribution in [1.82, 2.24) is 35.9 Å². The highest BCUT2D eigenvalue weighted by molar-refractivity contribution is 5.88. The molecule has 6 unspecified atom stereocenters. The average Bonchev–Trinajstić information content (AvgIpc) is 3.54. The zero-order valence-corrected chi connectivity index (χ0v) is 33.7. The molecule has 0 radical (unpaired) electrons. The van der Waals surface area contributed by atoms with Gasteiger partial charge < -0.3 is 35.0 Å². The van der Waals surface area contributed by atoms with Crippen molar-refractivity contribution in [2.24, 2.45) is 11.8 Å². The maximum absolute atomic E-state index is 14.4. The molecule has 4 N–H and O–H groups in total. The number of aromatic nitrogens is 1. The number of urea groups is 1. The Hall–Kier alpha value is -5.21. The topological polar surface area (TPSA) is 166 Å². The number of hydrogen-bond acceptors (Lipinski definition) is 9. The van der Waals surface area contributed by atoms with Gasteiger partial charge in [0, 0.05) is 31.9 Å². The van der Waals surface area contributed by atoms with Gasteiger partial charge in [-0.25, -0.2) is 14.6 Å². The molecule has 0 bridgehead atoms. The van der Waals surface area contributed by atoms with Crippen LogP contribution in [0, 0.1) is 18.8 Å². The molecule has 5 amide bonds. The third-order valence-electron chi connectivity index (χ3n) is 10.5. The number of carbonyl (C=O) groups is 4. The molecule has 0 spiro atoms. The lowest BCUT2D eigenvalue weighted by molar-refractivity contribution is -0.132. The van der Waals surface area contributed by atoms with Crippen LogP contribution >= 0.6 is 0 Å². The molecule has 0 aliphatic carbocycles. The summed E-state index contributed by atoms with van der Waals surface area (Å²) in [5, 5.41) is 19.4. The molecule has 6 atom stereocenters. The molecule has 14 heteroatoms. The number of nitrogens with zero attached hydrogens (tertiary/aromatic N) is 4. The standard InChI is InChI=1S/C42H59N7O7/c1-8-28(3)37(45-41(53)56-7)39(51)46-48(25-32-18-20-34(55-6)21-19-32)27-36(50)35(24-31-15-11-10-12-16-31)44-40(52)38(29(4)9-2)49-23-22-47(42(49)54)26-33-17-13-14-30(5)43-33/h10-21,28-29,35-38,50H,8-9,22-27H2,1-7H3,(H,44,52)(H,45,53)(H,46,51). The minimum absolute atomic E-state index is 0.0884. The number of hydrogen-bond donors (Lipinski definition) is 4. The first kappa shape index (κ1) is 43.5. The van der Waals surface area contributed by atoms with E-state index in [0.717, 1.165) is 22.5 Å². The molecule has 56 heavy (non-hydrogen) atoms. The fraction of sp³-hybridized carbons (Fsp3) is 0.500. The highest BCUT2D eigenvalue weighted by atomic mass is 16.5. The van der Waals surface area contributed by atoms with Crippen molar-refractivity contribution < 1.29 is 33.8 Å². The Labute approximate surface area is 330 Å². The zero-order valence-electron chi connectivity index (χ0n) is 33.7. The number of aliphatic hydroxyl groups is 1. The van der Waals surface area contributed by atoms with Crippen LogP contribution in [0.3, 0.4) is 0 Å². The van der Waals surface area contributed by atoms with E-state index in [4.69, 9.17) is 9.47 Å². The molecule has 1 fully saturated rings. The summed E-state index contributed by atoms with van der Waals surface area (Å²) < 4.78 is 10.1. The summed E-state index contributed by atoms with van der Waals surface area (Å²) in [6, 6.07) is 19.8. The summed E-state index contributed by atoms with van der Waals surface area (Å²) in [6.45, 7) is 10.9. The van der Waals surface area contributed by atoms with Crippen LogP contribution in [0.1, 0.15) is 63.1 Å². The Morgan fingerprint density at radius 3 is 2.20 bits per heavy atom. The number of amides is 5. The van der Waals surface area contributed by atoms with Gasteiger partial charge in [-0.2, -0.15) is 0 Å². The van der Waals surface area contributed by atoms with Gasteiger partial charge >= 0.3 is 12.1 Å². The predicted molar refractivity (Wildman–Crippen MR) is 213 cm³/mol. The normalized spacial score (nSPS) is 16.1. The number of rotatable bonds is 20. The van der Waals surface area contributed by atoms with Gasteiger partial charge in [-0.05, 0) is 60.6 Å². The minimum Gasteiger partial charge on any atom is -0.497 e. The van der Waals surface area contributed by atoms with E-state index < -0.39 is 36.2 Å². The Morgan fingerprint density at radius 2 is 1.57 bits per heavy atom. The Kier molecular flexibility index (Phi) is 16.5. The smallest absolute Gasteiger partial charge is 0.407 e. The maximum Gasteiger partial charge on any atom is 0.407 e. The molecule has 2 heterocycles. The second kappa shape index (κ2) is 21.2. The minimum atomic E-state index is -1.19. The maximum atomic E-state index is 14.4. The lowest BCUT2D eigenvalue weighted by atomic mass is 9.95. The summed E-state index contributed by atoms with van der Waals surface area (Å²) >= 11 is 0. The van der Waals surface area contributed by atoms with E-state index in [9.17, 15) is 24.3 Å². The first-order chi connectivity index (χ1) is 26.9. The zero-order chi connectivity index (χ0) is 40.8. The van der Waals surface area contributed by atoms with Crippen LogP contribution in [0.4, 0.5) is 9.59 Å². The van der Waals surface area contributed by atoms with E-state index in [-0.39, 0.29) is 43.3 Å². The first-order valence-electron chi connectivity index (χ1n) is 19.4. The van der Waals surface area contributed by atoms with Crippen molar-refractivity contribution in [3.8, 4) is 5.75 Å². The van der Waals surface area contributed by atoms with Gasteiger partial charge in [-0.1, -0.05) is 89.1 Å². The van der Waals surface area contributed by atoms with E-state index in [0.29, 0.717) is 38.2 Å². The van der Waals surface area contributed by atoms with Crippen molar-refractivity contribution in [3.63, 3.8) is 0 Å². The molecule has 0 saturated carbocycles. The number of hydrazine groups is 1. The largest absolute Gasteiger partial charge is 0.497 e. The number of alkyl carbamates (subject to hydrolysis) is 1. The average molecular weight is 774 g/mol. The highest BCUT2D eigenvalue weighted by Crippen LogP contribution is 2.23. The van der Waals surface area contributed by atoms with Gasteiger partial charge in [-0.3, -0.25) is 20.0 Å². The van der Waals surface area contributed by atoms with Gasteiger partial charge in [-0.15, -0.1) is 0 Å². The fourth-order valence-electron chi connectivity index (χ4n) is 6.81. The Bertz CT molecular complexity index is 1730. The van der Waals surface area contributed by atoms with Crippen LogP contribution in [0.25, 0.3) is 0 Å². The summed E-state index contributed by atoms with van der Waals surface area (Å²) in [5.74, 6) is -0.605. The van der Waals surface area contributed by atoms with Crippen LogP contribution in [0.2, 0.25) is 0 Å². The molecule has 14 nitrogen and oxygen atoms in total. The lowest BCUT2D eigenvalue weighted by Gasteiger charge is -2.35. The second-order valence-electron chi connectivity index (χ2n) is 14.6. The van der Waals surface area contributed by atoms with E-state index in [2.05, 4.69) is 21.0 Å². The lowest BCUT2D eigenvalue weighted by Crippen LogP contribution is -2.59. The quantitative estimate of drug-likeness (QED) is 0.122. The number of aliphatic hydroxyl groups excluding tert-OH is 1. The Morgan fingerprint density at radius 1 is 0.875 bits per heavy atom.